The highest BCUT2D eigenvalue weighted by Gasteiger charge is 2.49. The highest BCUT2D eigenvalue weighted by atomic mass is 19.4. The third-order valence-electron chi connectivity index (χ3n) is 9.63. The maximum absolute atomic E-state index is 14.9. The fourth-order valence-corrected chi connectivity index (χ4v) is 7.23. The predicted octanol–water partition coefficient (Wildman–Crippen LogP) is 5.42. The minimum atomic E-state index is -4.76. The van der Waals surface area contributed by atoms with Crippen LogP contribution in [0.2, 0.25) is 0 Å². The standard InChI is InChI=1S/C34H36F4N8O5/c1-17-14-24(31(48)40-21-7-6-18(15-20(21)35)34(36,37)38)45-27(17)28(43-12-13-44(23-9-8-22(23)43)32(49)51-33(2,3)4)29(47)26-30(45)42-46(41-26)19-10-11-39-25(16-19)50-5/h6-7,10-11,15-17,22-24H,8-9,12-14H2,1-5H3,(H,40,48)/t17-,22+,23+,24+/m1/s1. The molecule has 2 aliphatic heterocycles. The van der Waals surface area contributed by atoms with E-state index in [0.29, 0.717) is 55.1 Å². The third-order valence-corrected chi connectivity index (χ3v) is 9.63. The lowest BCUT2D eigenvalue weighted by atomic mass is 9.81. The predicted molar refractivity (Wildman–Crippen MR) is 177 cm³/mol. The summed E-state index contributed by atoms with van der Waals surface area (Å²) in [5.74, 6) is -2.05. The van der Waals surface area contributed by atoms with E-state index in [1.54, 1.807) is 42.4 Å². The molecule has 4 aromatic rings. The Balaban J connectivity index is 1.33. The van der Waals surface area contributed by atoms with Gasteiger partial charge in [-0.15, -0.1) is 15.0 Å². The summed E-state index contributed by atoms with van der Waals surface area (Å²) < 4.78 is 67.0. The maximum atomic E-state index is 14.9. The van der Waals surface area contributed by atoms with Crippen LogP contribution in [0, 0.1) is 5.82 Å². The molecule has 17 heteroatoms. The van der Waals surface area contributed by atoms with Crippen molar-refractivity contribution in [2.45, 2.75) is 82.8 Å². The number of benzene rings is 1. The van der Waals surface area contributed by atoms with Gasteiger partial charge >= 0.3 is 12.3 Å². The second-order valence-electron chi connectivity index (χ2n) is 14.1. The van der Waals surface area contributed by atoms with E-state index in [1.807, 2.05) is 11.8 Å². The number of fused-ring (bicyclic) bond motifs is 4. The summed E-state index contributed by atoms with van der Waals surface area (Å²) in [7, 11) is 1.45. The number of alkyl halides is 3. The zero-order chi connectivity index (χ0) is 36.6. The fourth-order valence-electron chi connectivity index (χ4n) is 7.23. The Morgan fingerprint density at radius 1 is 1.02 bits per heavy atom. The molecule has 270 valence electrons. The van der Waals surface area contributed by atoms with Gasteiger partial charge in [0.15, 0.2) is 11.2 Å². The van der Waals surface area contributed by atoms with Crippen molar-refractivity contribution in [3.8, 4) is 11.6 Å². The van der Waals surface area contributed by atoms with Crippen LogP contribution < -0.4 is 20.4 Å². The number of ether oxygens (including phenoxy) is 2. The molecule has 2 amide bonds. The number of piperazine rings is 1. The lowest BCUT2D eigenvalue weighted by molar-refractivity contribution is -0.137. The van der Waals surface area contributed by atoms with Crippen molar-refractivity contribution in [2.24, 2.45) is 0 Å². The van der Waals surface area contributed by atoms with Crippen molar-refractivity contribution in [1.82, 2.24) is 29.4 Å². The van der Waals surface area contributed by atoms with Crippen molar-refractivity contribution < 1.29 is 36.6 Å². The Labute approximate surface area is 289 Å². The molecule has 3 aliphatic rings. The van der Waals surface area contributed by atoms with E-state index in [1.165, 1.54) is 18.1 Å². The van der Waals surface area contributed by atoms with Crippen molar-refractivity contribution in [2.75, 3.05) is 30.4 Å². The molecule has 13 nitrogen and oxygen atoms in total. The lowest BCUT2D eigenvalue weighted by Gasteiger charge is -2.54. The summed E-state index contributed by atoms with van der Waals surface area (Å²) in [6.45, 7) is 7.86. The van der Waals surface area contributed by atoms with Crippen LogP contribution in [-0.2, 0) is 15.7 Å². The molecule has 0 spiro atoms. The largest absolute Gasteiger partial charge is 0.481 e. The second-order valence-corrected chi connectivity index (χ2v) is 14.1. The molecule has 2 fully saturated rings. The molecule has 4 atom stereocenters. The van der Waals surface area contributed by atoms with E-state index < -0.39 is 52.3 Å². The normalized spacial score (nSPS) is 21.6. The SMILES string of the molecule is COc1cc(-n2nc3c(=O)c(N4CCN(C(=O)OC(C)(C)C)[C@H]5CC[C@@H]54)c4n(c3n2)[C@H](C(=O)Nc2ccc(C(F)(F)F)cc2F)C[C@H]4C)ccn1. The van der Waals surface area contributed by atoms with Crippen LogP contribution in [0.4, 0.5) is 33.7 Å². The van der Waals surface area contributed by atoms with Gasteiger partial charge in [-0.2, -0.15) is 13.2 Å². The van der Waals surface area contributed by atoms with Crippen LogP contribution in [0.3, 0.4) is 0 Å². The fraction of sp³-hybridized carbons (Fsp3) is 0.471. The first-order valence-electron chi connectivity index (χ1n) is 16.6. The number of nitrogens with zero attached hydrogens (tertiary/aromatic N) is 7. The number of anilines is 2. The third kappa shape index (κ3) is 6.01. The van der Waals surface area contributed by atoms with E-state index >= 15 is 0 Å². The van der Waals surface area contributed by atoms with Gasteiger partial charge < -0.3 is 29.2 Å². The average molecular weight is 713 g/mol. The molecular formula is C34H36F4N8O5. The van der Waals surface area contributed by atoms with Crippen molar-refractivity contribution in [3.63, 3.8) is 0 Å². The van der Waals surface area contributed by atoms with Crippen LogP contribution in [0.5, 0.6) is 5.88 Å². The molecule has 7 rings (SSSR count). The van der Waals surface area contributed by atoms with Crippen LogP contribution in [0.25, 0.3) is 16.9 Å². The minimum absolute atomic E-state index is 0.0254. The van der Waals surface area contributed by atoms with E-state index in [9.17, 15) is 31.9 Å². The van der Waals surface area contributed by atoms with Gasteiger partial charge in [-0.05, 0) is 64.3 Å². The Hall–Kier alpha value is -5.22. The molecule has 1 saturated heterocycles. The molecule has 5 heterocycles. The van der Waals surface area contributed by atoms with Gasteiger partial charge in [0, 0.05) is 37.3 Å². The van der Waals surface area contributed by atoms with Crippen LogP contribution >= 0.6 is 0 Å². The molecule has 0 bridgehead atoms. The Bertz CT molecular complexity index is 2110. The van der Waals surface area contributed by atoms with Crippen LogP contribution in [0.1, 0.15) is 70.2 Å². The molecule has 51 heavy (non-hydrogen) atoms. The number of amides is 2. The molecule has 1 N–H and O–H groups in total. The van der Waals surface area contributed by atoms with E-state index in [4.69, 9.17) is 9.47 Å². The van der Waals surface area contributed by atoms with Crippen LogP contribution in [-0.4, -0.2) is 79.3 Å². The lowest BCUT2D eigenvalue weighted by Crippen LogP contribution is -2.67. The quantitative estimate of drug-likeness (QED) is 0.269. The summed E-state index contributed by atoms with van der Waals surface area (Å²) in [5.41, 5.74) is -1.33. The van der Waals surface area contributed by atoms with Crippen molar-refractivity contribution in [3.05, 3.63) is 63.8 Å². The van der Waals surface area contributed by atoms with Gasteiger partial charge in [0.25, 0.3) is 0 Å². The minimum Gasteiger partial charge on any atom is -0.481 e. The first-order chi connectivity index (χ1) is 24.1. The zero-order valence-electron chi connectivity index (χ0n) is 28.5. The molecule has 0 unspecified atom stereocenters. The van der Waals surface area contributed by atoms with Gasteiger partial charge in [-0.1, -0.05) is 6.92 Å². The summed E-state index contributed by atoms with van der Waals surface area (Å²) in [6.07, 6.45) is -2.10. The number of carbonyl (C=O) groups is 2. The van der Waals surface area contributed by atoms with Gasteiger partial charge in [0.1, 0.15) is 23.1 Å². The van der Waals surface area contributed by atoms with E-state index in [-0.39, 0.29) is 41.5 Å². The first-order valence-corrected chi connectivity index (χ1v) is 16.6. The summed E-state index contributed by atoms with van der Waals surface area (Å²) in [5, 5.41) is 11.7. The highest BCUT2D eigenvalue weighted by Crippen LogP contribution is 2.45. The number of aromatic nitrogens is 5. The van der Waals surface area contributed by atoms with Gasteiger partial charge in [0.05, 0.1) is 35.8 Å². The number of halogens is 4. The number of hydrogen-bond acceptors (Lipinski definition) is 9. The number of carbonyl (C=O) groups excluding carboxylic acids is 2. The second kappa shape index (κ2) is 12.2. The number of rotatable bonds is 5. The molecular weight excluding hydrogens is 676 g/mol. The molecule has 1 aromatic carbocycles. The zero-order valence-corrected chi connectivity index (χ0v) is 28.5. The van der Waals surface area contributed by atoms with Gasteiger partial charge in [0.2, 0.25) is 17.2 Å². The average Bonchev–Trinajstić information content (AvgIpc) is 3.63. The monoisotopic (exact) mass is 712 g/mol. The molecule has 0 radical (unpaired) electrons. The molecule has 1 saturated carbocycles. The smallest absolute Gasteiger partial charge is 0.416 e. The summed E-state index contributed by atoms with van der Waals surface area (Å²) >= 11 is 0. The topological polar surface area (TPSA) is 137 Å². The number of methoxy groups -OCH3 is 1. The summed E-state index contributed by atoms with van der Waals surface area (Å²) in [4.78, 5) is 50.7. The first kappa shape index (κ1) is 34.2. The molecule has 1 aliphatic carbocycles. The number of nitrogens with one attached hydrogen (secondary N) is 1. The Morgan fingerprint density at radius 2 is 1.76 bits per heavy atom. The van der Waals surface area contributed by atoms with Gasteiger partial charge in [-0.25, -0.2) is 14.2 Å². The molecule has 3 aromatic heterocycles. The number of hydrogen-bond donors (Lipinski definition) is 1. The Morgan fingerprint density at radius 3 is 2.41 bits per heavy atom. The van der Waals surface area contributed by atoms with E-state index in [2.05, 4.69) is 20.5 Å². The Kier molecular flexibility index (Phi) is 8.21. The highest BCUT2D eigenvalue weighted by molar-refractivity contribution is 5.96. The van der Waals surface area contributed by atoms with Crippen molar-refractivity contribution in [1.29, 1.82) is 0 Å². The summed E-state index contributed by atoms with van der Waals surface area (Å²) in [6, 6.07) is 3.64. The van der Waals surface area contributed by atoms with E-state index in [0.717, 1.165) is 6.07 Å². The maximum Gasteiger partial charge on any atom is 0.416 e. The van der Waals surface area contributed by atoms with Crippen molar-refractivity contribution >= 4 is 34.5 Å². The van der Waals surface area contributed by atoms with Gasteiger partial charge in [-0.3, -0.25) is 9.59 Å². The van der Waals surface area contributed by atoms with Crippen LogP contribution in [0.15, 0.2) is 41.3 Å². The number of pyridine rings is 2.